The molecule has 0 radical (unpaired) electrons. The highest BCUT2D eigenvalue weighted by atomic mass is 16.3. The first-order valence-corrected chi connectivity index (χ1v) is 38.3. The quantitative estimate of drug-likeness (QED) is 0.162. The van der Waals surface area contributed by atoms with Crippen molar-refractivity contribution >= 4 is 185 Å². The minimum absolute atomic E-state index is 0.545. The molecule has 0 amide bonds. The summed E-state index contributed by atoms with van der Waals surface area (Å²) >= 11 is 0. The summed E-state index contributed by atoms with van der Waals surface area (Å²) in [5, 5.41) is 22.2. The number of para-hydroxylation sites is 3. The number of rotatable bonds is 6. The third-order valence-corrected chi connectivity index (χ3v) is 23.3. The SMILES string of the molecule is Cc1cc(C)cc(-c2nc(-n3c4c5ccccc5c(C)cc4c4c5ccccc5c5c6cc7ccccc7cc6oc5c43)c3oc4ccc5ccccc5c4c3n2)c1.c1ccc(-c2cc(-c3ccccc3)cc(-c3nc(-n4c5ccccc5c5c6ccccc6c6c7ccccc7oc6c54)nc4c3oc3ccccc34)c2)cc1. The number of aromatic nitrogens is 6. The molecule has 0 spiro atoms. The largest absolute Gasteiger partial charge is 0.454 e. The van der Waals surface area contributed by atoms with E-state index in [1.807, 2.05) is 42.5 Å². The molecule has 10 nitrogen and oxygen atoms in total. The van der Waals surface area contributed by atoms with Crippen LogP contribution in [-0.2, 0) is 0 Å². The van der Waals surface area contributed by atoms with E-state index >= 15 is 0 Å². The van der Waals surface area contributed by atoms with E-state index in [0.717, 1.165) is 214 Å². The lowest BCUT2D eigenvalue weighted by molar-refractivity contribution is 0.661. The van der Waals surface area contributed by atoms with Crippen molar-refractivity contribution in [1.29, 1.82) is 0 Å². The van der Waals surface area contributed by atoms with Crippen LogP contribution in [0.4, 0.5) is 0 Å². The molecule has 17 aromatic carbocycles. The van der Waals surface area contributed by atoms with Crippen molar-refractivity contribution in [3.63, 3.8) is 0 Å². The number of nitrogens with zero attached hydrogens (tertiary/aromatic N) is 6. The van der Waals surface area contributed by atoms with Gasteiger partial charge >= 0.3 is 0 Å². The molecule has 0 aliphatic rings. The second-order valence-corrected chi connectivity index (χ2v) is 30.0. The summed E-state index contributed by atoms with van der Waals surface area (Å²) < 4.78 is 32.3. The molecular weight excluding hydrogens is 1390 g/mol. The van der Waals surface area contributed by atoms with Gasteiger partial charge in [0.15, 0.2) is 34.0 Å². The van der Waals surface area contributed by atoms with Gasteiger partial charge in [-0.2, -0.15) is 0 Å². The van der Waals surface area contributed by atoms with Crippen molar-refractivity contribution in [1.82, 2.24) is 29.1 Å². The fraction of sp³-hybridized carbons (Fsp3) is 0.0291. The highest BCUT2D eigenvalue weighted by Crippen LogP contribution is 2.52. The van der Waals surface area contributed by atoms with Crippen LogP contribution in [0.5, 0.6) is 0 Å². The standard InChI is InChI=1S/C53H33N3O2.C50H29N3O2/c1-28-22-29(2)24-34(23-28)52-54-47-46-36-16-7-6-12-31(36)20-21-42(46)57-51(47)53(55-52)56-48-39-19-11-8-15-35(39)30(3)25-41(48)44-37-17-9-10-18-38(37)45-40-26-32-13-4-5-14-33(32)27-43(40)58-50(45)49(44)56;1-3-15-30(16-4-1)32-27-33(31-17-5-2-6-18-31)29-34(28-32)45-49-46(39-23-11-14-26-42(39)55-49)52-50(51-45)53-40-24-12-9-21-37(40)43-35-19-7-8-20-36(35)44-38-22-10-13-25-41(38)54-48(44)47(43)53/h4-27H,1-3H3;1-29H. The van der Waals surface area contributed by atoms with E-state index in [-0.39, 0.29) is 0 Å². The number of fused-ring (bicyclic) bond motifs is 31. The van der Waals surface area contributed by atoms with Gasteiger partial charge in [-0.3, -0.25) is 9.13 Å². The summed E-state index contributed by atoms with van der Waals surface area (Å²) in [4.78, 5) is 22.0. The zero-order valence-electron chi connectivity index (χ0n) is 61.4. The molecule has 0 aliphatic carbocycles. The summed E-state index contributed by atoms with van der Waals surface area (Å²) in [7, 11) is 0. The highest BCUT2D eigenvalue weighted by Gasteiger charge is 2.31. The van der Waals surface area contributed by atoms with Crippen LogP contribution >= 0.6 is 0 Å². The monoisotopic (exact) mass is 1450 g/mol. The molecule has 8 heterocycles. The third kappa shape index (κ3) is 9.35. The summed E-state index contributed by atoms with van der Waals surface area (Å²) in [5.41, 5.74) is 22.2. The summed E-state index contributed by atoms with van der Waals surface area (Å²) in [6, 6.07) is 113. The van der Waals surface area contributed by atoms with E-state index in [4.69, 9.17) is 37.6 Å². The molecule has 0 bridgehead atoms. The molecule has 8 aromatic heterocycles. The molecule has 0 N–H and O–H groups in total. The van der Waals surface area contributed by atoms with Gasteiger partial charge in [0.2, 0.25) is 5.95 Å². The van der Waals surface area contributed by atoms with Crippen LogP contribution in [0, 0.1) is 20.8 Å². The number of aryl methyl sites for hydroxylation is 3. The summed E-state index contributed by atoms with van der Waals surface area (Å²) in [5.74, 6) is 1.86. The minimum Gasteiger partial charge on any atom is -0.454 e. The smallest absolute Gasteiger partial charge is 0.236 e. The van der Waals surface area contributed by atoms with Gasteiger partial charge < -0.3 is 17.7 Å². The van der Waals surface area contributed by atoms with Gasteiger partial charge in [-0.25, -0.2) is 19.9 Å². The fourth-order valence-corrected chi connectivity index (χ4v) is 18.5. The Balaban J connectivity index is 0.000000131. The van der Waals surface area contributed by atoms with E-state index in [2.05, 4.69) is 309 Å². The van der Waals surface area contributed by atoms with Crippen LogP contribution < -0.4 is 0 Å². The zero-order chi connectivity index (χ0) is 74.4. The number of hydrogen-bond acceptors (Lipinski definition) is 8. The average molecular weight is 1450 g/mol. The van der Waals surface area contributed by atoms with Crippen molar-refractivity contribution in [3.8, 4) is 56.7 Å². The predicted octanol–water partition coefficient (Wildman–Crippen LogP) is 28.1. The lowest BCUT2D eigenvalue weighted by Crippen LogP contribution is -2.03. The molecular formula is C103H62N6O4. The Morgan fingerprint density at radius 2 is 0.752 bits per heavy atom. The molecule has 113 heavy (non-hydrogen) atoms. The summed E-state index contributed by atoms with van der Waals surface area (Å²) in [6.45, 7) is 6.47. The van der Waals surface area contributed by atoms with Crippen LogP contribution in [0.2, 0.25) is 0 Å². The van der Waals surface area contributed by atoms with Crippen molar-refractivity contribution in [2.75, 3.05) is 0 Å². The van der Waals surface area contributed by atoms with E-state index < -0.39 is 0 Å². The zero-order valence-corrected chi connectivity index (χ0v) is 61.4. The maximum Gasteiger partial charge on any atom is 0.236 e. The Bertz CT molecular complexity index is 8350. The summed E-state index contributed by atoms with van der Waals surface area (Å²) in [6.07, 6.45) is 0. The first-order chi connectivity index (χ1) is 55.8. The van der Waals surface area contributed by atoms with Gasteiger partial charge in [0.1, 0.15) is 44.6 Å². The van der Waals surface area contributed by atoms with Crippen LogP contribution in [0.25, 0.3) is 242 Å². The predicted molar refractivity (Wildman–Crippen MR) is 465 cm³/mol. The maximum atomic E-state index is 7.20. The van der Waals surface area contributed by atoms with Gasteiger partial charge in [-0.1, -0.05) is 254 Å². The minimum atomic E-state index is 0.545. The van der Waals surface area contributed by atoms with Gasteiger partial charge in [-0.05, 0) is 176 Å². The van der Waals surface area contributed by atoms with Crippen molar-refractivity contribution in [3.05, 3.63) is 338 Å². The average Bonchev–Trinajstić information content (AvgIpc) is 1.53. The van der Waals surface area contributed by atoms with Crippen molar-refractivity contribution < 1.29 is 17.7 Å². The second kappa shape index (κ2) is 24.0. The normalized spacial score (nSPS) is 12.2. The Hall–Kier alpha value is -15.0. The molecule has 0 unspecified atom stereocenters. The lowest BCUT2D eigenvalue weighted by atomic mass is 9.95. The molecule has 0 aliphatic heterocycles. The Morgan fingerprint density at radius 3 is 1.44 bits per heavy atom. The van der Waals surface area contributed by atoms with Gasteiger partial charge in [0, 0.05) is 65.0 Å². The number of furan rings is 4. The van der Waals surface area contributed by atoms with E-state index in [1.165, 1.54) is 16.3 Å². The molecule has 0 fully saturated rings. The molecule has 0 saturated heterocycles. The third-order valence-electron chi connectivity index (χ3n) is 23.3. The topological polar surface area (TPSA) is 114 Å². The lowest BCUT2D eigenvalue weighted by Gasteiger charge is -2.13. The first kappa shape index (κ1) is 63.0. The molecule has 0 atom stereocenters. The van der Waals surface area contributed by atoms with Gasteiger partial charge in [0.05, 0.1) is 21.9 Å². The Labute approximate surface area is 643 Å². The van der Waals surface area contributed by atoms with E-state index in [0.29, 0.717) is 28.8 Å². The Kier molecular flexibility index (Phi) is 13.4. The van der Waals surface area contributed by atoms with E-state index in [1.54, 1.807) is 0 Å². The first-order valence-electron chi connectivity index (χ1n) is 38.3. The molecule has 528 valence electrons. The van der Waals surface area contributed by atoms with Crippen molar-refractivity contribution in [2.45, 2.75) is 20.8 Å². The Morgan fingerprint density at radius 1 is 0.248 bits per heavy atom. The van der Waals surface area contributed by atoms with Crippen LogP contribution in [0.15, 0.2) is 339 Å². The molecule has 25 rings (SSSR count). The molecule has 10 heteroatoms. The number of benzene rings is 17. The van der Waals surface area contributed by atoms with Gasteiger partial charge in [0.25, 0.3) is 0 Å². The molecule has 25 aromatic rings. The second-order valence-electron chi connectivity index (χ2n) is 30.0. The van der Waals surface area contributed by atoms with Crippen LogP contribution in [0.3, 0.4) is 0 Å². The molecule has 0 saturated carbocycles. The number of hydrogen-bond donors (Lipinski definition) is 0. The fourth-order valence-electron chi connectivity index (χ4n) is 18.5. The maximum absolute atomic E-state index is 7.20. The van der Waals surface area contributed by atoms with Crippen LogP contribution in [0.1, 0.15) is 16.7 Å². The highest BCUT2D eigenvalue weighted by molar-refractivity contribution is 6.38. The van der Waals surface area contributed by atoms with Crippen molar-refractivity contribution in [2.24, 2.45) is 0 Å². The van der Waals surface area contributed by atoms with Crippen LogP contribution in [-0.4, -0.2) is 29.1 Å². The van der Waals surface area contributed by atoms with E-state index in [9.17, 15) is 0 Å². The van der Waals surface area contributed by atoms with Gasteiger partial charge in [-0.15, -0.1) is 0 Å².